The van der Waals surface area contributed by atoms with E-state index in [1.54, 1.807) is 61.7 Å². The van der Waals surface area contributed by atoms with Crippen molar-refractivity contribution in [3.8, 4) is 5.75 Å². The second-order valence-corrected chi connectivity index (χ2v) is 8.96. The summed E-state index contributed by atoms with van der Waals surface area (Å²) in [4.78, 5) is 27.5. The zero-order chi connectivity index (χ0) is 26.2. The number of hydrogen-bond acceptors (Lipinski definition) is 5. The van der Waals surface area contributed by atoms with E-state index >= 15 is 0 Å². The van der Waals surface area contributed by atoms with E-state index in [1.807, 2.05) is 29.2 Å². The van der Waals surface area contributed by atoms with Gasteiger partial charge in [-0.15, -0.1) is 0 Å². The Kier molecular flexibility index (Phi) is 8.53. The van der Waals surface area contributed by atoms with Crippen LogP contribution in [0.5, 0.6) is 5.75 Å². The fourth-order valence-corrected chi connectivity index (χ4v) is 4.51. The number of alkyl halides is 1. The normalized spacial score (nSPS) is 17.6. The number of ether oxygens (including phenoxy) is 1. The van der Waals surface area contributed by atoms with Crippen molar-refractivity contribution < 1.29 is 18.7 Å². The maximum Gasteiger partial charge on any atom is 0.248 e. The summed E-state index contributed by atoms with van der Waals surface area (Å²) in [7, 11) is 1.59. The van der Waals surface area contributed by atoms with Crippen molar-refractivity contribution in [1.29, 1.82) is 0 Å². The van der Waals surface area contributed by atoms with Gasteiger partial charge in [0.25, 0.3) is 0 Å². The standard InChI is InChI=1S/C29H31FN4O3/c1-37-23-13-11-22(12-14-23)32-29(36)25-19-34(17-16-30)18-24(25)21-9-6-20(7-10-21)8-15-28(35)33-27-5-3-2-4-26(27)31/h2-15,24-25H,16-19,31H2,1H3,(H,32,36)(H,33,35)/b15-8+. The summed E-state index contributed by atoms with van der Waals surface area (Å²) in [6.45, 7) is 0.923. The molecule has 2 atom stereocenters. The molecule has 1 aliphatic rings. The minimum absolute atomic E-state index is 0.0767. The van der Waals surface area contributed by atoms with Gasteiger partial charge in [0.05, 0.1) is 24.4 Å². The van der Waals surface area contributed by atoms with Crippen molar-refractivity contribution in [2.75, 3.05) is 49.8 Å². The van der Waals surface area contributed by atoms with Crippen molar-refractivity contribution in [2.45, 2.75) is 5.92 Å². The molecule has 0 saturated carbocycles. The van der Waals surface area contributed by atoms with Gasteiger partial charge >= 0.3 is 0 Å². The molecule has 37 heavy (non-hydrogen) atoms. The van der Waals surface area contributed by atoms with E-state index in [4.69, 9.17) is 10.5 Å². The molecule has 1 fully saturated rings. The smallest absolute Gasteiger partial charge is 0.248 e. The van der Waals surface area contributed by atoms with E-state index in [2.05, 4.69) is 10.6 Å². The van der Waals surface area contributed by atoms with Gasteiger partial charge in [-0.05, 0) is 53.6 Å². The van der Waals surface area contributed by atoms with Crippen molar-refractivity contribution in [3.05, 3.63) is 90.0 Å². The molecule has 7 nitrogen and oxygen atoms in total. The summed E-state index contributed by atoms with van der Waals surface area (Å²) in [5.74, 6) is -0.0710. The van der Waals surface area contributed by atoms with Gasteiger partial charge in [0, 0.05) is 37.3 Å². The number of likely N-dealkylation sites (tertiary alicyclic amines) is 1. The number of nitrogen functional groups attached to an aromatic ring is 1. The van der Waals surface area contributed by atoms with Crippen molar-refractivity contribution in [1.82, 2.24) is 4.90 Å². The maximum absolute atomic E-state index is 13.2. The second-order valence-electron chi connectivity index (χ2n) is 8.96. The highest BCUT2D eigenvalue weighted by Crippen LogP contribution is 2.34. The number of benzene rings is 3. The molecule has 0 aromatic heterocycles. The first-order valence-corrected chi connectivity index (χ1v) is 12.1. The van der Waals surface area contributed by atoms with Crippen LogP contribution in [0.25, 0.3) is 6.08 Å². The molecule has 0 bridgehead atoms. The molecule has 0 spiro atoms. The van der Waals surface area contributed by atoms with Crippen molar-refractivity contribution in [3.63, 3.8) is 0 Å². The molecule has 2 unspecified atom stereocenters. The Labute approximate surface area is 216 Å². The van der Waals surface area contributed by atoms with Crippen LogP contribution in [-0.4, -0.2) is 50.1 Å². The van der Waals surface area contributed by atoms with E-state index in [-0.39, 0.29) is 23.7 Å². The minimum Gasteiger partial charge on any atom is -0.497 e. The summed E-state index contributed by atoms with van der Waals surface area (Å²) in [6, 6.07) is 22.0. The number of halogens is 1. The average Bonchev–Trinajstić information content (AvgIpc) is 3.34. The predicted molar refractivity (Wildman–Crippen MR) is 145 cm³/mol. The second kappa shape index (κ2) is 12.2. The summed E-state index contributed by atoms with van der Waals surface area (Å²) >= 11 is 0. The highest BCUT2D eigenvalue weighted by molar-refractivity contribution is 6.03. The van der Waals surface area contributed by atoms with Gasteiger partial charge in [-0.3, -0.25) is 14.5 Å². The fraction of sp³-hybridized carbons (Fsp3) is 0.241. The summed E-state index contributed by atoms with van der Waals surface area (Å²) in [5, 5.41) is 5.75. The maximum atomic E-state index is 13.2. The van der Waals surface area contributed by atoms with Crippen LogP contribution in [0.1, 0.15) is 17.0 Å². The molecule has 0 radical (unpaired) electrons. The Morgan fingerprint density at radius 2 is 1.76 bits per heavy atom. The first-order chi connectivity index (χ1) is 18.0. The molecule has 4 N–H and O–H groups in total. The van der Waals surface area contributed by atoms with Crippen LogP contribution in [0.15, 0.2) is 78.9 Å². The average molecular weight is 503 g/mol. The lowest BCUT2D eigenvalue weighted by Crippen LogP contribution is -2.29. The Hall–Kier alpha value is -4.17. The lowest BCUT2D eigenvalue weighted by molar-refractivity contribution is -0.120. The number of rotatable bonds is 9. The quantitative estimate of drug-likeness (QED) is 0.295. The molecule has 192 valence electrons. The molecule has 1 saturated heterocycles. The van der Waals surface area contributed by atoms with Crippen LogP contribution in [0.4, 0.5) is 21.5 Å². The molecule has 4 rings (SSSR count). The van der Waals surface area contributed by atoms with Crippen LogP contribution in [0.3, 0.4) is 0 Å². The Morgan fingerprint density at radius 3 is 2.43 bits per heavy atom. The van der Waals surface area contributed by atoms with Crippen LogP contribution in [0.2, 0.25) is 0 Å². The molecule has 1 aliphatic heterocycles. The Morgan fingerprint density at radius 1 is 1.03 bits per heavy atom. The third kappa shape index (κ3) is 6.74. The highest BCUT2D eigenvalue weighted by Gasteiger charge is 2.38. The van der Waals surface area contributed by atoms with Crippen molar-refractivity contribution >= 4 is 35.0 Å². The van der Waals surface area contributed by atoms with Crippen LogP contribution < -0.4 is 21.1 Å². The predicted octanol–water partition coefficient (Wildman–Crippen LogP) is 4.55. The van der Waals surface area contributed by atoms with Gasteiger partial charge in [0.2, 0.25) is 11.8 Å². The number of amides is 2. The number of nitrogens with zero attached hydrogens (tertiary/aromatic N) is 1. The fourth-order valence-electron chi connectivity index (χ4n) is 4.51. The lowest BCUT2D eigenvalue weighted by atomic mass is 9.88. The highest BCUT2D eigenvalue weighted by atomic mass is 19.1. The lowest BCUT2D eigenvalue weighted by Gasteiger charge is -2.19. The zero-order valence-corrected chi connectivity index (χ0v) is 20.7. The summed E-state index contributed by atoms with van der Waals surface area (Å²) in [5.41, 5.74) is 9.46. The van der Waals surface area contributed by atoms with Crippen LogP contribution in [-0.2, 0) is 9.59 Å². The number of hydrogen-bond donors (Lipinski definition) is 3. The molecule has 3 aromatic rings. The number of carbonyl (C=O) groups excluding carboxylic acids is 2. The topological polar surface area (TPSA) is 96.7 Å². The van der Waals surface area contributed by atoms with Gasteiger partial charge in [-0.1, -0.05) is 36.4 Å². The van der Waals surface area contributed by atoms with Crippen LogP contribution in [0, 0.1) is 5.92 Å². The molecule has 3 aromatic carbocycles. The zero-order valence-electron chi connectivity index (χ0n) is 20.7. The number of anilines is 3. The molecule has 1 heterocycles. The molecule has 8 heteroatoms. The van der Waals surface area contributed by atoms with Gasteiger partial charge in [-0.2, -0.15) is 0 Å². The number of nitrogens with one attached hydrogen (secondary N) is 2. The monoisotopic (exact) mass is 502 g/mol. The van der Waals surface area contributed by atoms with E-state index in [0.717, 1.165) is 11.1 Å². The summed E-state index contributed by atoms with van der Waals surface area (Å²) < 4.78 is 18.3. The van der Waals surface area contributed by atoms with E-state index < -0.39 is 6.67 Å². The first kappa shape index (κ1) is 25.9. The van der Waals surface area contributed by atoms with E-state index in [9.17, 15) is 14.0 Å². The van der Waals surface area contributed by atoms with Gasteiger partial charge in [0.1, 0.15) is 12.4 Å². The number of methoxy groups -OCH3 is 1. The minimum atomic E-state index is -0.458. The first-order valence-electron chi connectivity index (χ1n) is 12.1. The number of carbonyl (C=O) groups is 2. The Bertz CT molecular complexity index is 1240. The Balaban J connectivity index is 1.43. The van der Waals surface area contributed by atoms with Gasteiger partial charge < -0.3 is 21.1 Å². The third-order valence-electron chi connectivity index (χ3n) is 6.50. The SMILES string of the molecule is COc1ccc(NC(=O)C2CN(CCF)CC2c2ccc(/C=C/C(=O)Nc3ccccc3N)cc2)cc1. The number of nitrogens with two attached hydrogens (primary N) is 1. The summed E-state index contributed by atoms with van der Waals surface area (Å²) in [6.07, 6.45) is 3.17. The molecule has 2 amide bonds. The number of para-hydroxylation sites is 2. The van der Waals surface area contributed by atoms with Crippen LogP contribution >= 0.6 is 0 Å². The van der Waals surface area contributed by atoms with Crippen molar-refractivity contribution in [2.24, 2.45) is 5.92 Å². The van der Waals surface area contributed by atoms with Gasteiger partial charge in [0.15, 0.2) is 0 Å². The van der Waals surface area contributed by atoms with E-state index in [0.29, 0.717) is 42.4 Å². The van der Waals surface area contributed by atoms with E-state index in [1.165, 1.54) is 6.08 Å². The molecule has 0 aliphatic carbocycles. The largest absolute Gasteiger partial charge is 0.497 e. The molecular formula is C29H31FN4O3. The third-order valence-corrected chi connectivity index (χ3v) is 6.50. The van der Waals surface area contributed by atoms with Gasteiger partial charge in [-0.25, -0.2) is 4.39 Å². The molecular weight excluding hydrogens is 471 g/mol.